The van der Waals surface area contributed by atoms with Crippen LogP contribution in [0.3, 0.4) is 0 Å². The van der Waals surface area contributed by atoms with Crippen LogP contribution in [0.1, 0.15) is 58.8 Å². The van der Waals surface area contributed by atoms with E-state index < -0.39 is 58.9 Å². The van der Waals surface area contributed by atoms with Crippen molar-refractivity contribution in [1.82, 2.24) is 24.2 Å². The maximum atomic E-state index is 15.7. The number of aromatic nitrogens is 4. The SMILES string of the molecule is [2H]C1([2H])CCC([2H])([2H])N1S(=O)(=O)Nc1cc(Cl)cc(C(=O)c2c[nH]c3ncc(-c4cnc(C5CC5)nc4)cc23)c1F. The Kier molecular flexibility index (Phi) is 4.87. The lowest BCUT2D eigenvalue weighted by Crippen LogP contribution is -2.33. The quantitative estimate of drug-likeness (QED) is 0.326. The molecule has 3 aromatic heterocycles. The molecule has 1 aliphatic carbocycles. The van der Waals surface area contributed by atoms with Crippen LogP contribution in [0.2, 0.25) is 5.02 Å². The van der Waals surface area contributed by atoms with Crippen LogP contribution in [0.4, 0.5) is 10.1 Å². The van der Waals surface area contributed by atoms with Crippen molar-refractivity contribution in [2.45, 2.75) is 31.6 Å². The Hall–Kier alpha value is -3.41. The Morgan fingerprint density at radius 2 is 1.78 bits per heavy atom. The summed E-state index contributed by atoms with van der Waals surface area (Å²) in [6.45, 7) is -5.11. The van der Waals surface area contributed by atoms with Gasteiger partial charge in [0.05, 0.1) is 11.3 Å². The van der Waals surface area contributed by atoms with Gasteiger partial charge in [-0.1, -0.05) is 11.6 Å². The molecule has 0 radical (unpaired) electrons. The van der Waals surface area contributed by atoms with Gasteiger partial charge in [-0.05, 0) is 43.9 Å². The molecule has 190 valence electrons. The molecular weight excluding hydrogens is 519 g/mol. The smallest absolute Gasteiger partial charge is 0.301 e. The van der Waals surface area contributed by atoms with E-state index in [1.165, 1.54) is 6.20 Å². The highest BCUT2D eigenvalue weighted by Gasteiger charge is 2.29. The van der Waals surface area contributed by atoms with E-state index in [9.17, 15) is 13.2 Å². The Bertz CT molecular complexity index is 1800. The van der Waals surface area contributed by atoms with Crippen LogP contribution in [-0.2, 0) is 10.2 Å². The molecule has 6 rings (SSSR count). The lowest BCUT2D eigenvalue weighted by atomic mass is 10.0. The van der Waals surface area contributed by atoms with Gasteiger partial charge in [-0.15, -0.1) is 0 Å². The van der Waals surface area contributed by atoms with Crippen LogP contribution < -0.4 is 4.72 Å². The van der Waals surface area contributed by atoms with E-state index in [4.69, 9.17) is 17.1 Å². The zero-order chi connectivity index (χ0) is 29.3. The molecule has 1 saturated carbocycles. The van der Waals surface area contributed by atoms with Gasteiger partial charge in [0.25, 0.3) is 0 Å². The molecule has 2 aliphatic rings. The molecule has 0 unspecified atom stereocenters. The zero-order valence-electron chi connectivity index (χ0n) is 23.1. The highest BCUT2D eigenvalue weighted by atomic mass is 35.5. The van der Waals surface area contributed by atoms with Crippen molar-refractivity contribution in [1.29, 1.82) is 0 Å². The number of nitrogens with zero attached hydrogens (tertiary/aromatic N) is 4. The van der Waals surface area contributed by atoms with Crippen LogP contribution in [-0.4, -0.2) is 51.4 Å². The largest absolute Gasteiger partial charge is 0.345 e. The normalized spacial score (nSPS) is 20.7. The van der Waals surface area contributed by atoms with Gasteiger partial charge in [0.1, 0.15) is 11.5 Å². The summed E-state index contributed by atoms with van der Waals surface area (Å²) < 4.78 is 75.5. The molecule has 0 bridgehead atoms. The molecule has 9 nitrogen and oxygen atoms in total. The third-order valence-corrected chi connectivity index (χ3v) is 7.56. The number of fused-ring (bicyclic) bond motifs is 1. The average Bonchev–Trinajstić information content (AvgIpc) is 3.62. The number of rotatable bonds is 7. The topological polar surface area (TPSA) is 121 Å². The standard InChI is InChI=1S/C25H22ClFN6O3S/c26-17-8-19(22(27)21(9-17)32-37(35,36)33-5-1-2-6-33)23(34)20-13-31-25-18(20)7-15(10-30-25)16-11-28-24(29-12-16)14-3-4-14/h7-14,32H,1-6H2,(H,30,31)/i5D2,6D2. The van der Waals surface area contributed by atoms with Crippen molar-refractivity contribution in [3.05, 3.63) is 70.8 Å². The molecule has 1 saturated heterocycles. The van der Waals surface area contributed by atoms with E-state index in [0.717, 1.165) is 30.8 Å². The number of nitrogens with one attached hydrogen (secondary N) is 2. The third-order valence-electron chi connectivity index (χ3n) is 6.12. The first-order valence-electron chi connectivity index (χ1n) is 13.4. The maximum absolute atomic E-state index is 15.7. The van der Waals surface area contributed by atoms with Gasteiger partial charge in [0.15, 0.2) is 11.6 Å². The van der Waals surface area contributed by atoms with Crippen molar-refractivity contribution in [2.75, 3.05) is 17.7 Å². The fourth-order valence-corrected chi connectivity index (χ4v) is 5.35. The van der Waals surface area contributed by atoms with Crippen LogP contribution >= 0.6 is 11.6 Å². The van der Waals surface area contributed by atoms with Gasteiger partial charge in [-0.3, -0.25) is 9.52 Å². The number of ketones is 1. The molecule has 1 aliphatic heterocycles. The number of hydrogen-bond donors (Lipinski definition) is 2. The van der Waals surface area contributed by atoms with Gasteiger partial charge < -0.3 is 4.98 Å². The highest BCUT2D eigenvalue weighted by Crippen LogP contribution is 2.38. The van der Waals surface area contributed by atoms with Crippen molar-refractivity contribution in [3.63, 3.8) is 0 Å². The maximum Gasteiger partial charge on any atom is 0.301 e. The number of pyridine rings is 1. The number of H-pyrrole nitrogens is 1. The lowest BCUT2D eigenvalue weighted by molar-refractivity contribution is 0.103. The molecule has 4 heterocycles. The first-order chi connectivity index (χ1) is 19.3. The third kappa shape index (κ3) is 4.58. The molecule has 4 aromatic rings. The predicted octanol–water partition coefficient (Wildman–Crippen LogP) is 4.67. The summed E-state index contributed by atoms with van der Waals surface area (Å²) in [6.07, 6.45) is 7.64. The Balaban J connectivity index is 1.35. The number of anilines is 1. The number of carbonyl (C=O) groups is 1. The van der Waals surface area contributed by atoms with Crippen molar-refractivity contribution in [3.8, 4) is 11.1 Å². The minimum absolute atomic E-state index is 0.0304. The van der Waals surface area contributed by atoms with E-state index in [1.54, 1.807) is 24.7 Å². The fraction of sp³-hybridized carbons (Fsp3) is 0.280. The summed E-state index contributed by atoms with van der Waals surface area (Å²) in [5.74, 6) is -0.910. The first kappa shape index (κ1) is 19.7. The summed E-state index contributed by atoms with van der Waals surface area (Å²) in [4.78, 5) is 29.6. The van der Waals surface area contributed by atoms with Crippen molar-refractivity contribution < 1.29 is 23.1 Å². The Morgan fingerprint density at radius 3 is 2.49 bits per heavy atom. The molecule has 1 aromatic carbocycles. The second-order valence-electron chi connectivity index (χ2n) is 8.76. The second-order valence-corrected chi connectivity index (χ2v) is 10.7. The fourth-order valence-electron chi connectivity index (χ4n) is 4.09. The molecular formula is C25H22ClFN6O3S. The summed E-state index contributed by atoms with van der Waals surface area (Å²) in [5.41, 5.74) is 0.428. The molecule has 12 heteroatoms. The summed E-state index contributed by atoms with van der Waals surface area (Å²) in [6, 6.07) is 3.66. The van der Waals surface area contributed by atoms with E-state index in [0.29, 0.717) is 28.1 Å². The number of aromatic amines is 1. The number of carbonyl (C=O) groups excluding carboxylic acids is 1. The van der Waals surface area contributed by atoms with E-state index in [2.05, 4.69) is 19.9 Å². The Labute approximate surface area is 222 Å². The number of benzene rings is 1. The minimum Gasteiger partial charge on any atom is -0.345 e. The van der Waals surface area contributed by atoms with E-state index in [1.807, 2.05) is 4.72 Å². The predicted molar refractivity (Wildman–Crippen MR) is 137 cm³/mol. The first-order valence-corrected chi connectivity index (χ1v) is 13.3. The summed E-state index contributed by atoms with van der Waals surface area (Å²) in [7, 11) is -4.94. The summed E-state index contributed by atoms with van der Waals surface area (Å²) >= 11 is 6.14. The molecule has 0 atom stereocenters. The van der Waals surface area contributed by atoms with Gasteiger partial charge in [0.2, 0.25) is 0 Å². The number of hydrogen-bond acceptors (Lipinski definition) is 6. The Morgan fingerprint density at radius 1 is 1.08 bits per heavy atom. The number of halogens is 2. The average molecular weight is 545 g/mol. The van der Waals surface area contributed by atoms with E-state index in [-0.39, 0.29) is 14.9 Å². The second kappa shape index (κ2) is 9.16. The molecule has 0 spiro atoms. The van der Waals surface area contributed by atoms with Crippen molar-refractivity contribution in [2.24, 2.45) is 0 Å². The van der Waals surface area contributed by atoms with Gasteiger partial charge >= 0.3 is 10.2 Å². The zero-order valence-corrected chi connectivity index (χ0v) is 20.7. The highest BCUT2D eigenvalue weighted by molar-refractivity contribution is 7.90. The minimum atomic E-state index is -4.94. The monoisotopic (exact) mass is 544 g/mol. The van der Waals surface area contributed by atoms with Gasteiger partial charge in [-0.2, -0.15) is 12.7 Å². The van der Waals surface area contributed by atoms with Crippen LogP contribution in [0.5, 0.6) is 0 Å². The van der Waals surface area contributed by atoms with E-state index >= 15 is 4.39 Å². The van der Waals surface area contributed by atoms with Gasteiger partial charge in [-0.25, -0.2) is 19.3 Å². The van der Waals surface area contributed by atoms with Crippen LogP contribution in [0.15, 0.2) is 43.0 Å². The van der Waals surface area contributed by atoms with Crippen LogP contribution in [0.25, 0.3) is 22.2 Å². The molecule has 2 N–H and O–H groups in total. The lowest BCUT2D eigenvalue weighted by Gasteiger charge is -2.18. The van der Waals surface area contributed by atoms with Crippen molar-refractivity contribution >= 4 is 44.3 Å². The molecule has 2 fully saturated rings. The van der Waals surface area contributed by atoms with Crippen LogP contribution in [0, 0.1) is 5.82 Å². The summed E-state index contributed by atoms with van der Waals surface area (Å²) in [5, 5.41) is 0.199. The van der Waals surface area contributed by atoms with Gasteiger partial charge in [0, 0.05) is 76.3 Å². The molecule has 37 heavy (non-hydrogen) atoms. The molecule has 0 amide bonds.